The molecular weight excluding hydrogens is 226 g/mol. The van der Waals surface area contributed by atoms with Gasteiger partial charge in [0.1, 0.15) is 0 Å². The number of carbonyl (C=O) groups excluding carboxylic acids is 1. The topological polar surface area (TPSA) is 56.1 Å². The lowest BCUT2D eigenvalue weighted by molar-refractivity contribution is -0.127. The third-order valence-corrected chi connectivity index (χ3v) is 4.20. The summed E-state index contributed by atoms with van der Waals surface area (Å²) in [6.07, 6.45) is 7.33. The van der Waals surface area contributed by atoms with Crippen LogP contribution in [-0.2, 0) is 4.79 Å². The minimum absolute atomic E-state index is 0.198. The van der Waals surface area contributed by atoms with E-state index < -0.39 is 0 Å². The Kier molecular flexibility index (Phi) is 5.00. The predicted molar refractivity (Wildman–Crippen MR) is 69.8 cm³/mol. The van der Waals surface area contributed by atoms with Crippen LogP contribution >= 0.6 is 0 Å². The lowest BCUT2D eigenvalue weighted by Crippen LogP contribution is -2.43. The number of carbonyl (C=O) groups is 1. The Morgan fingerprint density at radius 1 is 1.22 bits per heavy atom. The van der Waals surface area contributed by atoms with Gasteiger partial charge in [-0.05, 0) is 38.8 Å². The smallest absolute Gasteiger partial charge is 0.223 e. The van der Waals surface area contributed by atoms with Gasteiger partial charge >= 0.3 is 0 Å². The van der Waals surface area contributed by atoms with Gasteiger partial charge in [0.2, 0.25) is 5.91 Å². The number of hydrogen-bond acceptors (Lipinski definition) is 3. The first-order valence-corrected chi connectivity index (χ1v) is 7.19. The highest BCUT2D eigenvalue weighted by Gasteiger charge is 2.26. The molecule has 0 aromatic heterocycles. The summed E-state index contributed by atoms with van der Waals surface area (Å²) in [5.74, 6) is 0.464. The maximum atomic E-state index is 12.1. The second-order valence-corrected chi connectivity index (χ2v) is 5.51. The molecule has 0 atom stereocenters. The van der Waals surface area contributed by atoms with Gasteiger partial charge in [-0.1, -0.05) is 12.8 Å². The molecular formula is C14H23N3O. The van der Waals surface area contributed by atoms with Crippen LogP contribution in [0.25, 0.3) is 0 Å². The number of nitrogens with zero attached hydrogens (tertiary/aromatic N) is 2. The highest BCUT2D eigenvalue weighted by molar-refractivity contribution is 5.79. The highest BCUT2D eigenvalue weighted by Crippen LogP contribution is 2.21. The van der Waals surface area contributed by atoms with Gasteiger partial charge in [-0.3, -0.25) is 4.79 Å². The van der Waals surface area contributed by atoms with E-state index in [0.29, 0.717) is 12.5 Å². The predicted octanol–water partition coefficient (Wildman–Crippen LogP) is 1.67. The van der Waals surface area contributed by atoms with Crippen LogP contribution in [-0.4, -0.2) is 36.5 Å². The number of hydrogen-bond donors (Lipinski definition) is 1. The van der Waals surface area contributed by atoms with Crippen molar-refractivity contribution >= 4 is 5.91 Å². The molecule has 18 heavy (non-hydrogen) atoms. The van der Waals surface area contributed by atoms with Crippen LogP contribution in [0.2, 0.25) is 0 Å². The van der Waals surface area contributed by atoms with E-state index in [4.69, 9.17) is 5.26 Å². The first-order chi connectivity index (χ1) is 8.79. The van der Waals surface area contributed by atoms with Crippen LogP contribution in [0, 0.1) is 17.2 Å². The fraction of sp³-hybridized carbons (Fsp3) is 0.857. The molecule has 2 fully saturated rings. The van der Waals surface area contributed by atoms with Gasteiger partial charge in [0, 0.05) is 24.9 Å². The van der Waals surface area contributed by atoms with Crippen LogP contribution in [0.5, 0.6) is 0 Å². The van der Waals surface area contributed by atoms with E-state index in [0.717, 1.165) is 45.3 Å². The van der Waals surface area contributed by atoms with E-state index in [9.17, 15) is 4.79 Å². The molecule has 0 aromatic carbocycles. The van der Waals surface area contributed by atoms with Gasteiger partial charge < -0.3 is 10.2 Å². The first-order valence-electron chi connectivity index (χ1n) is 7.19. The third kappa shape index (κ3) is 3.71. The first kappa shape index (κ1) is 13.4. The SMILES string of the molecule is N#CCCN1CCC(C(=O)NC2CCCC2)CC1. The quantitative estimate of drug-likeness (QED) is 0.824. The number of amides is 1. The lowest BCUT2D eigenvalue weighted by atomic mass is 9.95. The summed E-state index contributed by atoms with van der Waals surface area (Å²) in [6.45, 7) is 2.78. The standard InChI is InChI=1S/C14H23N3O/c15-8-3-9-17-10-6-12(7-11-17)14(18)16-13-4-1-2-5-13/h12-13H,1-7,9-11H2,(H,16,18). The average molecular weight is 249 g/mol. The molecule has 0 bridgehead atoms. The number of piperidine rings is 1. The van der Waals surface area contributed by atoms with Crippen molar-refractivity contribution in [2.24, 2.45) is 5.92 Å². The van der Waals surface area contributed by atoms with Crippen LogP contribution in [0.15, 0.2) is 0 Å². The van der Waals surface area contributed by atoms with E-state index in [1.54, 1.807) is 0 Å². The van der Waals surface area contributed by atoms with Crippen LogP contribution in [0.3, 0.4) is 0 Å². The van der Waals surface area contributed by atoms with Crippen molar-refractivity contribution in [3.63, 3.8) is 0 Å². The summed E-state index contributed by atoms with van der Waals surface area (Å²) >= 11 is 0. The second-order valence-electron chi connectivity index (χ2n) is 5.51. The zero-order valence-corrected chi connectivity index (χ0v) is 11.0. The van der Waals surface area contributed by atoms with Gasteiger partial charge in [0.05, 0.1) is 6.07 Å². The summed E-state index contributed by atoms with van der Waals surface area (Å²) in [5.41, 5.74) is 0. The molecule has 0 unspecified atom stereocenters. The molecule has 1 aliphatic carbocycles. The molecule has 1 saturated heterocycles. The Bertz CT molecular complexity index is 309. The molecule has 4 nitrogen and oxygen atoms in total. The minimum atomic E-state index is 0.198. The summed E-state index contributed by atoms with van der Waals surface area (Å²) in [7, 11) is 0. The fourth-order valence-electron chi connectivity index (χ4n) is 3.02. The Morgan fingerprint density at radius 2 is 1.89 bits per heavy atom. The minimum Gasteiger partial charge on any atom is -0.353 e. The van der Waals surface area contributed by atoms with Gasteiger partial charge in [0.25, 0.3) is 0 Å². The van der Waals surface area contributed by atoms with Gasteiger partial charge in [-0.25, -0.2) is 0 Å². The van der Waals surface area contributed by atoms with E-state index in [-0.39, 0.29) is 11.8 Å². The Labute approximate surface area is 109 Å². The van der Waals surface area contributed by atoms with Gasteiger partial charge in [-0.2, -0.15) is 5.26 Å². The maximum Gasteiger partial charge on any atom is 0.223 e. The van der Waals surface area contributed by atoms with Crippen molar-refractivity contribution < 1.29 is 4.79 Å². The van der Waals surface area contributed by atoms with Gasteiger partial charge in [-0.15, -0.1) is 0 Å². The van der Waals surface area contributed by atoms with Crippen molar-refractivity contribution in [3.8, 4) is 6.07 Å². The van der Waals surface area contributed by atoms with Crippen molar-refractivity contribution in [1.82, 2.24) is 10.2 Å². The Hall–Kier alpha value is -1.08. The molecule has 100 valence electrons. The fourth-order valence-corrected chi connectivity index (χ4v) is 3.02. The zero-order chi connectivity index (χ0) is 12.8. The highest BCUT2D eigenvalue weighted by atomic mass is 16.1. The monoisotopic (exact) mass is 249 g/mol. The largest absolute Gasteiger partial charge is 0.353 e. The molecule has 0 aromatic rings. The molecule has 0 spiro atoms. The normalized spacial score (nSPS) is 22.8. The Balaban J connectivity index is 1.68. The summed E-state index contributed by atoms with van der Waals surface area (Å²) < 4.78 is 0. The number of likely N-dealkylation sites (tertiary alicyclic amines) is 1. The molecule has 2 rings (SSSR count). The zero-order valence-electron chi connectivity index (χ0n) is 11.0. The summed E-state index contributed by atoms with van der Waals surface area (Å²) in [5, 5.41) is 11.8. The number of nitriles is 1. The summed E-state index contributed by atoms with van der Waals surface area (Å²) in [6, 6.07) is 2.62. The summed E-state index contributed by atoms with van der Waals surface area (Å²) in [4.78, 5) is 14.4. The van der Waals surface area contributed by atoms with Crippen molar-refractivity contribution in [2.45, 2.75) is 51.0 Å². The maximum absolute atomic E-state index is 12.1. The van der Waals surface area contributed by atoms with Crippen LogP contribution in [0.1, 0.15) is 44.9 Å². The molecule has 1 N–H and O–H groups in total. The molecule has 4 heteroatoms. The average Bonchev–Trinajstić information content (AvgIpc) is 2.89. The second kappa shape index (κ2) is 6.75. The molecule has 2 aliphatic rings. The molecule has 0 radical (unpaired) electrons. The molecule has 1 amide bonds. The number of rotatable bonds is 4. The van der Waals surface area contributed by atoms with Crippen LogP contribution in [0.4, 0.5) is 0 Å². The van der Waals surface area contributed by atoms with Crippen molar-refractivity contribution in [3.05, 3.63) is 0 Å². The number of nitrogens with one attached hydrogen (secondary N) is 1. The molecule has 1 saturated carbocycles. The van der Waals surface area contributed by atoms with Crippen LogP contribution < -0.4 is 5.32 Å². The van der Waals surface area contributed by atoms with E-state index in [1.807, 2.05) is 0 Å². The van der Waals surface area contributed by atoms with Crippen molar-refractivity contribution in [2.75, 3.05) is 19.6 Å². The Morgan fingerprint density at radius 3 is 2.50 bits per heavy atom. The third-order valence-electron chi connectivity index (χ3n) is 4.20. The van der Waals surface area contributed by atoms with E-state index in [2.05, 4.69) is 16.3 Å². The lowest BCUT2D eigenvalue weighted by Gasteiger charge is -2.31. The van der Waals surface area contributed by atoms with E-state index >= 15 is 0 Å². The molecule has 1 aliphatic heterocycles. The van der Waals surface area contributed by atoms with Gasteiger partial charge in [0.15, 0.2) is 0 Å². The molecule has 1 heterocycles. The van der Waals surface area contributed by atoms with Crippen molar-refractivity contribution in [1.29, 1.82) is 5.26 Å². The van der Waals surface area contributed by atoms with E-state index in [1.165, 1.54) is 12.8 Å².